The molecule has 0 spiro atoms. The van der Waals surface area contributed by atoms with E-state index in [9.17, 15) is 4.79 Å². The minimum atomic E-state index is -0.731. The Bertz CT molecular complexity index is 702. The van der Waals surface area contributed by atoms with E-state index in [0.29, 0.717) is 6.61 Å². The number of carbonyl (C=O) groups is 1. The number of nitrogens with zero attached hydrogens (tertiary/aromatic N) is 1. The predicted octanol–water partition coefficient (Wildman–Crippen LogP) is 4.44. The fraction of sp³-hybridized carbons (Fsp3) is 0.350. The van der Waals surface area contributed by atoms with Crippen molar-refractivity contribution in [3.05, 3.63) is 59.7 Å². The van der Waals surface area contributed by atoms with Crippen LogP contribution in [0, 0.1) is 6.92 Å². The van der Waals surface area contributed by atoms with Gasteiger partial charge in [-0.2, -0.15) is 0 Å². The maximum Gasteiger partial charge on any atom is 0.305 e. The van der Waals surface area contributed by atoms with Gasteiger partial charge in [0.2, 0.25) is 0 Å². The third-order valence-electron chi connectivity index (χ3n) is 4.61. The van der Waals surface area contributed by atoms with Crippen LogP contribution < -0.4 is 9.64 Å². The van der Waals surface area contributed by atoms with Crippen LogP contribution in [0.1, 0.15) is 30.4 Å². The second-order valence-corrected chi connectivity index (χ2v) is 6.30. The molecule has 134 valence electrons. The van der Waals surface area contributed by atoms with Crippen molar-refractivity contribution >= 4 is 24.1 Å². The number of halogens is 1. The highest BCUT2D eigenvalue weighted by atomic mass is 35.5. The molecule has 25 heavy (non-hydrogen) atoms. The Labute approximate surface area is 154 Å². The van der Waals surface area contributed by atoms with E-state index in [4.69, 9.17) is 9.84 Å². The average molecular weight is 362 g/mol. The van der Waals surface area contributed by atoms with Gasteiger partial charge in [-0.25, -0.2) is 0 Å². The summed E-state index contributed by atoms with van der Waals surface area (Å²) in [6.45, 7) is 3.55. The van der Waals surface area contributed by atoms with Crippen molar-refractivity contribution in [3.63, 3.8) is 0 Å². The lowest BCUT2D eigenvalue weighted by atomic mass is 10.1. The van der Waals surface area contributed by atoms with Crippen molar-refractivity contribution in [2.45, 2.75) is 38.8 Å². The summed E-state index contributed by atoms with van der Waals surface area (Å²) in [6.07, 6.45) is 2.19. The fourth-order valence-corrected chi connectivity index (χ4v) is 3.26. The molecule has 3 rings (SSSR count). The van der Waals surface area contributed by atoms with Gasteiger partial charge in [-0.3, -0.25) is 4.79 Å². The van der Waals surface area contributed by atoms with Gasteiger partial charge < -0.3 is 14.7 Å². The highest BCUT2D eigenvalue weighted by Crippen LogP contribution is 2.29. The van der Waals surface area contributed by atoms with Crippen LogP contribution >= 0.6 is 12.4 Å². The first-order chi connectivity index (χ1) is 11.6. The minimum absolute atomic E-state index is 0. The first kappa shape index (κ1) is 19.1. The van der Waals surface area contributed by atoms with E-state index in [0.717, 1.165) is 30.8 Å². The third-order valence-corrected chi connectivity index (χ3v) is 4.61. The Morgan fingerprint density at radius 3 is 2.60 bits per heavy atom. The molecule has 0 aromatic heterocycles. The SMILES string of the molecule is Cc1ccccc1COc1ccc(N2CCC[C@H]2CC(=O)O)cc1.Cl. The standard InChI is InChI=1S/C20H23NO3.ClH/c1-15-5-2-3-6-16(15)14-24-19-10-8-17(9-11-19)21-12-4-7-18(21)13-20(22)23;/h2-3,5-6,8-11,18H,4,7,12-14H2,1H3,(H,22,23);1H/t18-;/m0./s1. The maximum atomic E-state index is 11.0. The summed E-state index contributed by atoms with van der Waals surface area (Å²) in [5, 5.41) is 9.04. The summed E-state index contributed by atoms with van der Waals surface area (Å²) in [5.74, 6) is 0.0982. The van der Waals surface area contributed by atoms with Crippen LogP contribution in [0.15, 0.2) is 48.5 Å². The number of rotatable bonds is 6. The molecule has 0 radical (unpaired) electrons. The molecule has 4 nitrogen and oxygen atoms in total. The summed E-state index contributed by atoms with van der Waals surface area (Å²) >= 11 is 0. The van der Waals surface area contributed by atoms with Crippen molar-refractivity contribution in [2.75, 3.05) is 11.4 Å². The molecule has 2 aromatic carbocycles. The molecule has 2 aromatic rings. The zero-order valence-electron chi connectivity index (χ0n) is 14.4. The number of ether oxygens (including phenoxy) is 1. The number of hydrogen-bond acceptors (Lipinski definition) is 3. The molecule has 0 amide bonds. The second-order valence-electron chi connectivity index (χ2n) is 6.30. The van der Waals surface area contributed by atoms with Gasteiger partial charge in [0, 0.05) is 18.3 Å². The van der Waals surface area contributed by atoms with Crippen LogP contribution in [0.3, 0.4) is 0 Å². The van der Waals surface area contributed by atoms with E-state index in [-0.39, 0.29) is 24.9 Å². The van der Waals surface area contributed by atoms with E-state index in [2.05, 4.69) is 24.0 Å². The van der Waals surface area contributed by atoms with Gasteiger partial charge in [-0.15, -0.1) is 12.4 Å². The molecule has 0 bridgehead atoms. The van der Waals surface area contributed by atoms with Gasteiger partial charge in [-0.05, 0) is 55.2 Å². The van der Waals surface area contributed by atoms with Crippen molar-refractivity contribution in [3.8, 4) is 5.75 Å². The summed E-state index contributed by atoms with van der Waals surface area (Å²) < 4.78 is 5.87. The summed E-state index contributed by atoms with van der Waals surface area (Å²) in [4.78, 5) is 13.2. The van der Waals surface area contributed by atoms with Gasteiger partial charge in [0.1, 0.15) is 12.4 Å². The first-order valence-electron chi connectivity index (χ1n) is 8.39. The van der Waals surface area contributed by atoms with Gasteiger partial charge in [0.05, 0.1) is 6.42 Å². The molecule has 1 N–H and O–H groups in total. The lowest BCUT2D eigenvalue weighted by Gasteiger charge is -2.25. The van der Waals surface area contributed by atoms with Crippen LogP contribution in [0.5, 0.6) is 5.75 Å². The normalized spacial score (nSPS) is 16.4. The Hall–Kier alpha value is -2.20. The number of hydrogen-bond donors (Lipinski definition) is 1. The number of carboxylic acids is 1. The number of benzene rings is 2. The molecule has 1 heterocycles. The van der Waals surface area contributed by atoms with E-state index < -0.39 is 5.97 Å². The molecule has 1 saturated heterocycles. The molecule has 1 atom stereocenters. The van der Waals surface area contributed by atoms with Gasteiger partial charge >= 0.3 is 5.97 Å². The molecule has 5 heteroatoms. The van der Waals surface area contributed by atoms with Crippen LogP contribution in [0.4, 0.5) is 5.69 Å². The van der Waals surface area contributed by atoms with Gasteiger partial charge in [0.15, 0.2) is 0 Å². The Morgan fingerprint density at radius 2 is 1.92 bits per heavy atom. The van der Waals surface area contributed by atoms with Crippen molar-refractivity contribution in [1.82, 2.24) is 0 Å². The number of aliphatic carboxylic acids is 1. The average Bonchev–Trinajstić information content (AvgIpc) is 3.02. The maximum absolute atomic E-state index is 11.0. The van der Waals surface area contributed by atoms with Crippen molar-refractivity contribution in [2.24, 2.45) is 0 Å². The van der Waals surface area contributed by atoms with Crippen LogP contribution in [0.25, 0.3) is 0 Å². The fourth-order valence-electron chi connectivity index (χ4n) is 3.26. The van der Waals surface area contributed by atoms with E-state index in [1.54, 1.807) is 0 Å². The summed E-state index contributed by atoms with van der Waals surface area (Å²) in [5.41, 5.74) is 3.48. The van der Waals surface area contributed by atoms with E-state index in [1.165, 1.54) is 11.1 Å². The van der Waals surface area contributed by atoms with Crippen LogP contribution in [-0.2, 0) is 11.4 Å². The summed E-state index contributed by atoms with van der Waals surface area (Å²) in [6, 6.07) is 16.3. The largest absolute Gasteiger partial charge is 0.489 e. The highest BCUT2D eigenvalue weighted by molar-refractivity contribution is 5.85. The van der Waals surface area contributed by atoms with E-state index in [1.807, 2.05) is 36.4 Å². The highest BCUT2D eigenvalue weighted by Gasteiger charge is 2.26. The molecule has 1 aliphatic rings. The van der Waals surface area contributed by atoms with Gasteiger partial charge in [-0.1, -0.05) is 24.3 Å². The number of carboxylic acid groups (broad SMARTS) is 1. The minimum Gasteiger partial charge on any atom is -0.489 e. The lowest BCUT2D eigenvalue weighted by molar-refractivity contribution is -0.137. The second kappa shape index (κ2) is 8.77. The molecule has 0 aliphatic carbocycles. The molecule has 1 fully saturated rings. The zero-order valence-corrected chi connectivity index (χ0v) is 15.2. The molecular weight excluding hydrogens is 338 g/mol. The topological polar surface area (TPSA) is 49.8 Å². The number of anilines is 1. The monoisotopic (exact) mass is 361 g/mol. The quantitative estimate of drug-likeness (QED) is 0.826. The summed E-state index contributed by atoms with van der Waals surface area (Å²) in [7, 11) is 0. The Kier molecular flexibility index (Phi) is 6.71. The van der Waals surface area contributed by atoms with Crippen LogP contribution in [0.2, 0.25) is 0 Å². The Morgan fingerprint density at radius 1 is 1.20 bits per heavy atom. The molecule has 1 aliphatic heterocycles. The third kappa shape index (κ3) is 4.89. The van der Waals surface area contributed by atoms with Crippen molar-refractivity contribution in [1.29, 1.82) is 0 Å². The first-order valence-corrected chi connectivity index (χ1v) is 8.39. The Balaban J connectivity index is 0.00000225. The smallest absolute Gasteiger partial charge is 0.305 e. The predicted molar refractivity (Wildman–Crippen MR) is 102 cm³/mol. The lowest BCUT2D eigenvalue weighted by Crippen LogP contribution is -2.31. The zero-order chi connectivity index (χ0) is 16.9. The van der Waals surface area contributed by atoms with E-state index >= 15 is 0 Å². The van der Waals surface area contributed by atoms with Crippen LogP contribution in [-0.4, -0.2) is 23.7 Å². The van der Waals surface area contributed by atoms with Gasteiger partial charge in [0.25, 0.3) is 0 Å². The molecule has 0 saturated carbocycles. The number of aryl methyl sites for hydroxylation is 1. The molecule has 0 unspecified atom stereocenters. The van der Waals surface area contributed by atoms with Crippen molar-refractivity contribution < 1.29 is 14.6 Å². The molecular formula is C20H24ClNO3.